The van der Waals surface area contributed by atoms with Crippen molar-refractivity contribution in [1.82, 2.24) is 20.0 Å². The molecule has 3 heterocycles. The van der Waals surface area contributed by atoms with Crippen molar-refractivity contribution in [3.8, 4) is 0 Å². The highest BCUT2D eigenvalue weighted by Crippen LogP contribution is 2.41. The van der Waals surface area contributed by atoms with Crippen LogP contribution in [0.5, 0.6) is 0 Å². The summed E-state index contributed by atoms with van der Waals surface area (Å²) in [4.78, 5) is 26.6. The predicted octanol–water partition coefficient (Wildman–Crippen LogP) is 0.279. The minimum Gasteiger partial charge on any atom is -0.376 e. The molecule has 130 valence electrons. The maximum absolute atomic E-state index is 12.4. The second kappa shape index (κ2) is 5.88. The van der Waals surface area contributed by atoms with Crippen LogP contribution < -0.4 is 5.32 Å². The van der Waals surface area contributed by atoms with Gasteiger partial charge < -0.3 is 15.0 Å². The number of fused-ring (bicyclic) bond motifs is 1. The van der Waals surface area contributed by atoms with E-state index in [0.29, 0.717) is 37.2 Å². The van der Waals surface area contributed by atoms with Crippen LogP contribution in [-0.2, 0) is 16.6 Å². The van der Waals surface area contributed by atoms with E-state index in [2.05, 4.69) is 17.3 Å². The lowest BCUT2D eigenvalue weighted by atomic mass is 9.93. The van der Waals surface area contributed by atoms with E-state index in [1.54, 1.807) is 24.0 Å². The van der Waals surface area contributed by atoms with Gasteiger partial charge in [-0.2, -0.15) is 5.10 Å². The fraction of sp³-hybridized carbons (Fsp3) is 0.706. The summed E-state index contributed by atoms with van der Waals surface area (Å²) in [5.74, 6) is 1.53. The lowest BCUT2D eigenvalue weighted by molar-refractivity contribution is -0.132. The summed E-state index contributed by atoms with van der Waals surface area (Å²) in [7, 11) is 1.75. The fourth-order valence-electron chi connectivity index (χ4n) is 4.00. The van der Waals surface area contributed by atoms with E-state index >= 15 is 0 Å². The smallest absolute Gasteiger partial charge is 0.269 e. The molecule has 0 aromatic carbocycles. The number of aryl methyl sites for hydroxylation is 1. The molecule has 24 heavy (non-hydrogen) atoms. The van der Waals surface area contributed by atoms with Gasteiger partial charge in [0.25, 0.3) is 5.91 Å². The number of rotatable bonds is 4. The minimum atomic E-state index is -0.115. The Hall–Kier alpha value is -1.89. The zero-order valence-electron chi connectivity index (χ0n) is 14.1. The third kappa shape index (κ3) is 2.70. The van der Waals surface area contributed by atoms with Crippen molar-refractivity contribution in [2.45, 2.75) is 19.4 Å². The van der Waals surface area contributed by atoms with E-state index < -0.39 is 0 Å². The van der Waals surface area contributed by atoms with E-state index in [9.17, 15) is 9.59 Å². The minimum absolute atomic E-state index is 0.115. The monoisotopic (exact) mass is 332 g/mol. The van der Waals surface area contributed by atoms with Crippen molar-refractivity contribution in [2.24, 2.45) is 30.7 Å². The molecule has 1 aromatic rings. The molecule has 2 amide bonds. The van der Waals surface area contributed by atoms with Crippen LogP contribution in [0.2, 0.25) is 0 Å². The van der Waals surface area contributed by atoms with Gasteiger partial charge in [-0.25, -0.2) is 0 Å². The second-order valence-electron chi connectivity index (χ2n) is 7.41. The third-order valence-electron chi connectivity index (χ3n) is 5.76. The third-order valence-corrected chi connectivity index (χ3v) is 5.76. The van der Waals surface area contributed by atoms with Crippen molar-refractivity contribution in [1.29, 1.82) is 0 Å². The van der Waals surface area contributed by atoms with Crippen LogP contribution in [0, 0.1) is 23.7 Å². The molecule has 1 aromatic heterocycles. The molecular formula is C17H24N4O3. The van der Waals surface area contributed by atoms with Crippen molar-refractivity contribution in [3.63, 3.8) is 0 Å². The number of aromatic nitrogens is 2. The van der Waals surface area contributed by atoms with E-state index in [1.165, 1.54) is 0 Å². The highest BCUT2D eigenvalue weighted by molar-refractivity contribution is 5.92. The molecule has 0 bridgehead atoms. The van der Waals surface area contributed by atoms with E-state index in [-0.39, 0.29) is 29.8 Å². The van der Waals surface area contributed by atoms with Gasteiger partial charge >= 0.3 is 0 Å². The first-order valence-electron chi connectivity index (χ1n) is 8.71. The molecule has 0 radical (unpaired) electrons. The zero-order chi connectivity index (χ0) is 16.8. The molecule has 3 fully saturated rings. The summed E-state index contributed by atoms with van der Waals surface area (Å²) in [5.41, 5.74) is 0.552. The summed E-state index contributed by atoms with van der Waals surface area (Å²) in [6, 6.07) is 1.70. The normalized spacial score (nSPS) is 34.2. The van der Waals surface area contributed by atoms with Crippen LogP contribution in [0.15, 0.2) is 12.3 Å². The summed E-state index contributed by atoms with van der Waals surface area (Å²) in [6.07, 6.45) is 2.76. The van der Waals surface area contributed by atoms with Crippen molar-refractivity contribution < 1.29 is 14.3 Å². The van der Waals surface area contributed by atoms with Crippen molar-refractivity contribution in [2.75, 3.05) is 26.2 Å². The van der Waals surface area contributed by atoms with Crippen LogP contribution in [0.1, 0.15) is 23.8 Å². The van der Waals surface area contributed by atoms with Gasteiger partial charge in [-0.3, -0.25) is 14.3 Å². The molecule has 1 aliphatic carbocycles. The maximum Gasteiger partial charge on any atom is 0.269 e. The quantitative estimate of drug-likeness (QED) is 0.859. The SMILES string of the molecule is C[C@H]1C[C@H]1C(=O)N1C[C@@H]2[C@H](CNC(=O)c3ccnn3C)CO[C@@H]2C1. The highest BCUT2D eigenvalue weighted by Gasteiger charge is 2.49. The number of nitrogens with zero attached hydrogens (tertiary/aromatic N) is 3. The maximum atomic E-state index is 12.4. The van der Waals surface area contributed by atoms with Crippen LogP contribution in [0.25, 0.3) is 0 Å². The van der Waals surface area contributed by atoms with Gasteiger partial charge in [-0.15, -0.1) is 0 Å². The Morgan fingerprint density at radius 1 is 1.42 bits per heavy atom. The average molecular weight is 332 g/mol. The molecule has 0 spiro atoms. The number of nitrogens with one attached hydrogen (secondary N) is 1. The predicted molar refractivity (Wildman–Crippen MR) is 86.1 cm³/mol. The lowest BCUT2D eigenvalue weighted by Gasteiger charge is -2.20. The van der Waals surface area contributed by atoms with E-state index in [0.717, 1.165) is 13.0 Å². The summed E-state index contributed by atoms with van der Waals surface area (Å²) in [6.45, 7) is 4.83. The Labute approximate surface area is 141 Å². The topological polar surface area (TPSA) is 76.5 Å². The van der Waals surface area contributed by atoms with Crippen molar-refractivity contribution >= 4 is 11.8 Å². The molecule has 1 saturated carbocycles. The second-order valence-corrected chi connectivity index (χ2v) is 7.41. The number of carbonyl (C=O) groups is 2. The Balaban J connectivity index is 1.32. The molecule has 7 nitrogen and oxygen atoms in total. The molecule has 3 aliphatic rings. The average Bonchev–Trinajstić information content (AvgIpc) is 2.94. The van der Waals surface area contributed by atoms with Gasteiger partial charge in [0.2, 0.25) is 5.91 Å². The van der Waals surface area contributed by atoms with Gasteiger partial charge in [0.15, 0.2) is 0 Å². The van der Waals surface area contributed by atoms with E-state index in [1.807, 2.05) is 4.90 Å². The van der Waals surface area contributed by atoms with Crippen LogP contribution in [0.4, 0.5) is 0 Å². The first-order chi connectivity index (χ1) is 11.5. The Morgan fingerprint density at radius 3 is 2.88 bits per heavy atom. The first-order valence-corrected chi connectivity index (χ1v) is 8.71. The Morgan fingerprint density at radius 2 is 2.21 bits per heavy atom. The largest absolute Gasteiger partial charge is 0.376 e. The van der Waals surface area contributed by atoms with Gasteiger partial charge in [0, 0.05) is 50.6 Å². The molecule has 5 atom stereocenters. The van der Waals surface area contributed by atoms with Gasteiger partial charge in [-0.05, 0) is 18.4 Å². The van der Waals surface area contributed by atoms with E-state index in [4.69, 9.17) is 4.74 Å². The number of carbonyl (C=O) groups excluding carboxylic acids is 2. The number of hydrogen-bond acceptors (Lipinski definition) is 4. The molecular weight excluding hydrogens is 308 g/mol. The molecule has 0 unspecified atom stereocenters. The van der Waals surface area contributed by atoms with Crippen molar-refractivity contribution in [3.05, 3.63) is 18.0 Å². The molecule has 2 aliphatic heterocycles. The fourth-order valence-corrected chi connectivity index (χ4v) is 4.00. The molecule has 2 saturated heterocycles. The summed E-state index contributed by atoms with van der Waals surface area (Å²) < 4.78 is 7.45. The van der Waals surface area contributed by atoms with Crippen LogP contribution in [-0.4, -0.2) is 58.8 Å². The number of likely N-dealkylation sites (tertiary alicyclic amines) is 1. The zero-order valence-corrected chi connectivity index (χ0v) is 14.1. The molecule has 1 N–H and O–H groups in total. The summed E-state index contributed by atoms with van der Waals surface area (Å²) in [5, 5.41) is 7.00. The van der Waals surface area contributed by atoms with Gasteiger partial charge in [0.1, 0.15) is 5.69 Å². The Bertz CT molecular complexity index is 658. The Kier molecular flexibility index (Phi) is 3.83. The van der Waals surface area contributed by atoms with Gasteiger partial charge in [0.05, 0.1) is 12.7 Å². The van der Waals surface area contributed by atoms with Crippen LogP contribution in [0.3, 0.4) is 0 Å². The number of amides is 2. The molecule has 4 rings (SSSR count). The summed E-state index contributed by atoms with van der Waals surface area (Å²) >= 11 is 0. The number of ether oxygens (including phenoxy) is 1. The van der Waals surface area contributed by atoms with Gasteiger partial charge in [-0.1, -0.05) is 6.92 Å². The van der Waals surface area contributed by atoms with Crippen LogP contribution >= 0.6 is 0 Å². The highest BCUT2D eigenvalue weighted by atomic mass is 16.5. The molecule has 7 heteroatoms. The number of hydrogen-bond donors (Lipinski definition) is 1. The first kappa shape index (κ1) is 15.6. The lowest BCUT2D eigenvalue weighted by Crippen LogP contribution is -2.36. The standard InChI is InChI=1S/C17H24N4O3/c1-10-5-12(10)17(23)21-7-13-11(9-24-15(13)8-21)6-18-16(22)14-3-4-19-20(14)2/h3-4,10-13,15H,5-9H2,1-2H3,(H,18,22)/t10-,11+,12+,13+,15+/m0/s1.